The first kappa shape index (κ1) is 22.0. The lowest BCUT2D eigenvalue weighted by atomic mass is 10.2. The second kappa shape index (κ2) is 10.4. The van der Waals surface area contributed by atoms with Gasteiger partial charge in [0.25, 0.3) is 0 Å². The predicted octanol–water partition coefficient (Wildman–Crippen LogP) is 1.97. The molecule has 1 aliphatic rings. The summed E-state index contributed by atoms with van der Waals surface area (Å²) in [5.74, 6) is -0.848. The van der Waals surface area contributed by atoms with Crippen molar-refractivity contribution in [2.24, 2.45) is 5.10 Å². The van der Waals surface area contributed by atoms with E-state index >= 15 is 0 Å². The maximum atomic E-state index is 12.1. The fourth-order valence-electron chi connectivity index (χ4n) is 3.35. The summed E-state index contributed by atoms with van der Waals surface area (Å²) in [6, 6.07) is 12.8. The van der Waals surface area contributed by atoms with Gasteiger partial charge in [-0.2, -0.15) is 5.10 Å². The zero-order valence-electron chi connectivity index (χ0n) is 17.2. The molecule has 10 nitrogen and oxygen atoms in total. The topological polar surface area (TPSA) is 121 Å². The molecule has 0 spiro atoms. The number of phenolic OH excluding ortho intramolecular Hbond substituents is 1. The number of aromatic hydroxyl groups is 1. The maximum Gasteiger partial charge on any atom is 0.315 e. The number of nitro groups is 1. The van der Waals surface area contributed by atoms with Gasteiger partial charge in [0.05, 0.1) is 18.2 Å². The van der Waals surface area contributed by atoms with Crippen molar-refractivity contribution in [1.82, 2.24) is 10.3 Å². The van der Waals surface area contributed by atoms with Gasteiger partial charge in [-0.05, 0) is 18.2 Å². The summed E-state index contributed by atoms with van der Waals surface area (Å²) in [7, 11) is 1.29. The Kier molecular flexibility index (Phi) is 7.39. The van der Waals surface area contributed by atoms with Crippen LogP contribution in [-0.2, 0) is 4.79 Å². The van der Waals surface area contributed by atoms with Crippen LogP contribution in [0.1, 0.15) is 12.0 Å². The lowest BCUT2D eigenvalue weighted by molar-refractivity contribution is -0.386. The number of nitrogens with zero attached hydrogens (tertiary/aromatic N) is 4. The number of carbonyl (C=O) groups is 1. The molecule has 1 heterocycles. The number of rotatable bonds is 8. The first-order valence-electron chi connectivity index (χ1n) is 9.87. The van der Waals surface area contributed by atoms with E-state index in [-0.39, 0.29) is 11.7 Å². The summed E-state index contributed by atoms with van der Waals surface area (Å²) in [5.41, 5.74) is 3.45. The predicted molar refractivity (Wildman–Crippen MR) is 117 cm³/mol. The second-order valence-corrected chi connectivity index (χ2v) is 7.06. The zero-order valence-corrected chi connectivity index (χ0v) is 17.2. The molecule has 0 bridgehead atoms. The molecular formula is C21H25N5O5. The molecule has 3 rings (SSSR count). The molecule has 2 aromatic carbocycles. The molecule has 1 amide bonds. The summed E-state index contributed by atoms with van der Waals surface area (Å²) < 4.78 is 4.93. The number of methoxy groups -OCH3 is 1. The van der Waals surface area contributed by atoms with Crippen LogP contribution in [0.15, 0.2) is 47.6 Å². The number of amides is 1. The smallest absolute Gasteiger partial charge is 0.315 e. The Morgan fingerprint density at radius 2 is 1.97 bits per heavy atom. The van der Waals surface area contributed by atoms with Crippen molar-refractivity contribution >= 4 is 23.5 Å². The molecule has 2 N–H and O–H groups in total. The van der Waals surface area contributed by atoms with Crippen LogP contribution in [-0.4, -0.2) is 66.9 Å². The second-order valence-electron chi connectivity index (χ2n) is 7.06. The molecule has 0 atom stereocenters. The summed E-state index contributed by atoms with van der Waals surface area (Å²) in [6.07, 6.45) is 1.56. The largest absolute Gasteiger partial charge is 0.500 e. The summed E-state index contributed by atoms with van der Waals surface area (Å²) in [5, 5.41) is 24.7. The Hall–Kier alpha value is -3.66. The normalized spacial score (nSPS) is 14.5. The first-order valence-corrected chi connectivity index (χ1v) is 9.87. The minimum Gasteiger partial charge on any atom is -0.500 e. The molecule has 164 valence electrons. The number of ether oxygens (including phenoxy) is 1. The van der Waals surface area contributed by atoms with Crippen molar-refractivity contribution in [3.63, 3.8) is 0 Å². The molecular weight excluding hydrogens is 402 g/mol. The average molecular weight is 427 g/mol. The van der Waals surface area contributed by atoms with Crippen molar-refractivity contribution in [1.29, 1.82) is 0 Å². The Balaban J connectivity index is 1.45. The van der Waals surface area contributed by atoms with Gasteiger partial charge in [0.1, 0.15) is 0 Å². The van der Waals surface area contributed by atoms with Gasteiger partial charge in [-0.1, -0.05) is 18.2 Å². The molecule has 2 aromatic rings. The fourth-order valence-corrected chi connectivity index (χ4v) is 3.35. The van der Waals surface area contributed by atoms with Crippen LogP contribution in [0.3, 0.4) is 0 Å². The quantitative estimate of drug-likeness (QED) is 0.375. The van der Waals surface area contributed by atoms with E-state index in [9.17, 15) is 20.0 Å². The van der Waals surface area contributed by atoms with Gasteiger partial charge in [-0.25, -0.2) is 5.43 Å². The van der Waals surface area contributed by atoms with Crippen LogP contribution in [0.25, 0.3) is 0 Å². The van der Waals surface area contributed by atoms with Gasteiger partial charge in [-0.3, -0.25) is 19.8 Å². The fraction of sp³-hybridized carbons (Fsp3) is 0.333. The maximum absolute atomic E-state index is 12.1. The third-order valence-electron chi connectivity index (χ3n) is 5.05. The third kappa shape index (κ3) is 5.92. The monoisotopic (exact) mass is 427 g/mol. The highest BCUT2D eigenvalue weighted by Crippen LogP contribution is 2.36. The highest BCUT2D eigenvalue weighted by Gasteiger charge is 2.20. The van der Waals surface area contributed by atoms with Crippen molar-refractivity contribution < 1.29 is 19.6 Å². The Morgan fingerprint density at radius 3 is 2.61 bits per heavy atom. The lowest BCUT2D eigenvalue weighted by Crippen LogP contribution is -2.47. The molecule has 1 fully saturated rings. The van der Waals surface area contributed by atoms with Crippen LogP contribution < -0.4 is 15.1 Å². The third-order valence-corrected chi connectivity index (χ3v) is 5.05. The number of carbonyl (C=O) groups excluding carboxylic acids is 1. The highest BCUT2D eigenvalue weighted by molar-refractivity contribution is 5.84. The first-order chi connectivity index (χ1) is 15.0. The summed E-state index contributed by atoms with van der Waals surface area (Å²) >= 11 is 0. The van der Waals surface area contributed by atoms with Crippen LogP contribution in [0.5, 0.6) is 11.5 Å². The van der Waals surface area contributed by atoms with Crippen molar-refractivity contribution in [2.45, 2.75) is 6.42 Å². The lowest BCUT2D eigenvalue weighted by Gasteiger charge is -2.36. The molecule has 0 aromatic heterocycles. The number of piperazine rings is 1. The SMILES string of the molecule is COc1cc(C=NNC(=O)CCN2CCN(c3ccccc3)CC2)cc([N+](=O)[O-])c1O. The van der Waals surface area contributed by atoms with E-state index < -0.39 is 16.4 Å². The number of anilines is 1. The van der Waals surface area contributed by atoms with Crippen LogP contribution >= 0.6 is 0 Å². The van der Waals surface area contributed by atoms with E-state index in [1.165, 1.54) is 25.1 Å². The molecule has 0 saturated carbocycles. The number of nitrogens with one attached hydrogen (secondary N) is 1. The molecule has 10 heteroatoms. The van der Waals surface area contributed by atoms with Gasteiger partial charge in [0, 0.05) is 56.5 Å². The molecule has 31 heavy (non-hydrogen) atoms. The van der Waals surface area contributed by atoms with Crippen molar-refractivity contribution in [3.05, 3.63) is 58.1 Å². The standard InChI is InChI=1S/C21H25N5O5/c1-31-19-14-16(13-18(21(19)28)26(29)30)15-22-23-20(27)7-8-24-9-11-25(12-10-24)17-5-3-2-4-6-17/h2-6,13-15,28H,7-12H2,1H3,(H,23,27). The van der Waals surface area contributed by atoms with E-state index in [2.05, 4.69) is 32.5 Å². The molecule has 0 aliphatic carbocycles. The van der Waals surface area contributed by atoms with Crippen LogP contribution in [0, 0.1) is 10.1 Å². The Morgan fingerprint density at radius 1 is 1.26 bits per heavy atom. The molecule has 1 saturated heterocycles. The number of hydrogen-bond acceptors (Lipinski definition) is 8. The number of phenols is 1. The summed E-state index contributed by atoms with van der Waals surface area (Å²) in [6.45, 7) is 4.20. The summed E-state index contributed by atoms with van der Waals surface area (Å²) in [4.78, 5) is 26.9. The van der Waals surface area contributed by atoms with Gasteiger partial charge in [0.15, 0.2) is 5.75 Å². The van der Waals surface area contributed by atoms with Gasteiger partial charge in [0.2, 0.25) is 11.7 Å². The Labute approximate surface area is 179 Å². The van der Waals surface area contributed by atoms with Crippen LogP contribution in [0.2, 0.25) is 0 Å². The van der Waals surface area contributed by atoms with Gasteiger partial charge in [-0.15, -0.1) is 0 Å². The number of hydrazone groups is 1. The number of para-hydroxylation sites is 1. The van der Waals surface area contributed by atoms with Crippen molar-refractivity contribution in [2.75, 3.05) is 44.7 Å². The van der Waals surface area contributed by atoms with E-state index in [4.69, 9.17) is 4.74 Å². The van der Waals surface area contributed by atoms with Crippen molar-refractivity contribution in [3.8, 4) is 11.5 Å². The molecule has 0 unspecified atom stereocenters. The van der Waals surface area contributed by atoms with E-state index in [1.807, 2.05) is 18.2 Å². The minimum atomic E-state index is -0.717. The number of nitro benzene ring substituents is 1. The minimum absolute atomic E-state index is 0.0448. The zero-order chi connectivity index (χ0) is 22.2. The Bertz CT molecular complexity index is 943. The van der Waals surface area contributed by atoms with E-state index in [0.29, 0.717) is 18.5 Å². The van der Waals surface area contributed by atoms with Crippen LogP contribution in [0.4, 0.5) is 11.4 Å². The van der Waals surface area contributed by atoms with E-state index in [1.54, 1.807) is 0 Å². The van der Waals surface area contributed by atoms with E-state index in [0.717, 1.165) is 32.2 Å². The molecule has 1 aliphatic heterocycles. The number of hydrogen-bond donors (Lipinski definition) is 2. The molecule has 0 radical (unpaired) electrons. The van der Waals surface area contributed by atoms with Gasteiger partial charge >= 0.3 is 5.69 Å². The highest BCUT2D eigenvalue weighted by atomic mass is 16.6. The van der Waals surface area contributed by atoms with Gasteiger partial charge < -0.3 is 14.7 Å². The average Bonchev–Trinajstić information content (AvgIpc) is 2.79. The number of benzene rings is 2.